The maximum atomic E-state index is 14.0. The first-order valence-corrected chi connectivity index (χ1v) is 44.7. The predicted molar refractivity (Wildman–Crippen MR) is 440 cm³/mol. The molecule has 0 spiro atoms. The van der Waals surface area contributed by atoms with Gasteiger partial charge in [0.1, 0.15) is 216 Å². The number of hydrogen-bond donors (Lipinski definition) is 40. The van der Waals surface area contributed by atoms with Crippen molar-refractivity contribution in [1.29, 1.82) is 0 Å². The number of ether oxygens (including phenoxy) is 17. The number of carboxylic acid groups (broad SMARTS) is 4. The molecule has 9 fully saturated rings. The molecule has 67 nitrogen and oxygen atoms in total. The van der Waals surface area contributed by atoms with Crippen molar-refractivity contribution in [2.45, 2.75) is 345 Å². The third-order valence-corrected chi connectivity index (χ3v) is 25.5. The SMILES string of the molecule is CC(=O)N[C@@H]1[C@@H](O[C@@H]2O[C@H](CO)[C@H](O[C@@H]3O[C@H](CO)[C@H](O)[C@H](O[C@@H]4O[C@H](CO)[C@H](O)[C@H](O[C@@H]5O[C@@H](C)[C@@H](O)[C@@H](O)[C@@H]5O)[C@H]4NC(C)=O)[C@H]3O)[C@H](O)[C@H]2O)[C@@H](O)[C@@H](CO[C@]2(C(=O)O)C[C@H](O)[C@@H](NC(=O)CO)[C@H]([C@H](O)[C@@H](CO)O[C@]3(C(=O)O)C[C@H](O)[C@@H](NC(=O)CO)[C@H]([C@H](O)[C@@H](CO)O[C@]4(C(=O)O)C[C@H](O)[C@@H](NC(=O)CO)[C@H]([C@H](O)[C@@H](CO)O[C@]5(C(=O)O)C[C@H](O)[C@@H](NC(=O)CO)[C@H]([C@H](O)[C@H](O)CO)O5)O4)O3)O2)O[C@@H]1O. The van der Waals surface area contributed by atoms with Gasteiger partial charge in [-0.1, -0.05) is 0 Å². The van der Waals surface area contributed by atoms with Crippen molar-refractivity contribution in [2.75, 3.05) is 79.3 Å². The monoisotopic (exact) mass is 2120 g/mol. The fourth-order valence-corrected chi connectivity index (χ4v) is 18.0. The van der Waals surface area contributed by atoms with Crippen LogP contribution in [0.1, 0.15) is 46.5 Å². The minimum absolute atomic E-state index is 0.840. The highest BCUT2D eigenvalue weighted by Gasteiger charge is 2.67. The number of nitrogens with one attached hydrogen (secondary N) is 6. The summed E-state index contributed by atoms with van der Waals surface area (Å²) in [7, 11) is 0. The predicted octanol–water partition coefficient (Wildman–Crippen LogP) is -26.0. The zero-order valence-corrected chi connectivity index (χ0v) is 76.5. The van der Waals surface area contributed by atoms with Crippen molar-refractivity contribution in [3.05, 3.63) is 0 Å². The maximum Gasteiger partial charge on any atom is 0.364 e. The summed E-state index contributed by atoms with van der Waals surface area (Å²) >= 11 is 0. The third-order valence-electron chi connectivity index (χ3n) is 25.5. The molecule has 0 aliphatic carbocycles. The molecule has 0 bridgehead atoms. The van der Waals surface area contributed by atoms with E-state index in [4.69, 9.17) is 80.5 Å². The molecule has 9 saturated heterocycles. The second kappa shape index (κ2) is 51.8. The Bertz CT molecular complexity index is 4270. The van der Waals surface area contributed by atoms with Gasteiger partial charge in [-0.05, 0) is 6.92 Å². The number of carbonyl (C=O) groups is 10. The normalized spacial score (nSPS) is 42.1. The van der Waals surface area contributed by atoms with Gasteiger partial charge >= 0.3 is 23.9 Å². The van der Waals surface area contributed by atoms with E-state index in [0.29, 0.717) is 0 Å². The molecule has 49 atom stereocenters. The number of aliphatic hydroxyl groups excluding tert-OH is 30. The van der Waals surface area contributed by atoms with Crippen LogP contribution in [0.3, 0.4) is 0 Å². The van der Waals surface area contributed by atoms with Crippen LogP contribution in [0.4, 0.5) is 0 Å². The molecule has 0 saturated carbocycles. The molecule has 0 aromatic carbocycles. The van der Waals surface area contributed by atoms with Gasteiger partial charge in [0.25, 0.3) is 23.1 Å². The van der Waals surface area contributed by atoms with Crippen LogP contribution in [0.2, 0.25) is 0 Å². The Balaban J connectivity index is 0.961. The first kappa shape index (κ1) is 121. The third kappa shape index (κ3) is 26.9. The lowest BCUT2D eigenvalue weighted by Crippen LogP contribution is -2.72. The minimum Gasteiger partial charge on any atom is -0.477 e. The Morgan fingerprint density at radius 3 is 0.993 bits per heavy atom. The average Bonchev–Trinajstić information content (AvgIpc) is 0.744. The molecule has 0 aromatic heterocycles. The lowest BCUT2D eigenvalue weighted by Gasteiger charge is -2.51. The summed E-state index contributed by atoms with van der Waals surface area (Å²) in [5.74, 6) is -32.5. The number of rotatable bonds is 46. The Morgan fingerprint density at radius 2 is 0.628 bits per heavy atom. The molecular weight excluding hydrogens is 2000 g/mol. The summed E-state index contributed by atoms with van der Waals surface area (Å²) in [6.07, 6.45) is -98.5. The van der Waals surface area contributed by atoms with Gasteiger partial charge in [0.05, 0.1) is 108 Å². The van der Waals surface area contributed by atoms with Gasteiger partial charge in [-0.2, -0.15) is 0 Å². The number of carboxylic acids is 4. The smallest absolute Gasteiger partial charge is 0.364 e. The second-order valence-corrected chi connectivity index (χ2v) is 35.4. The van der Waals surface area contributed by atoms with Crippen molar-refractivity contribution in [1.82, 2.24) is 31.9 Å². The van der Waals surface area contributed by atoms with E-state index in [2.05, 4.69) is 10.6 Å². The minimum atomic E-state index is -3.88. The van der Waals surface area contributed by atoms with Crippen LogP contribution in [0, 0.1) is 0 Å². The lowest BCUT2D eigenvalue weighted by molar-refractivity contribution is -0.386. The first-order valence-electron chi connectivity index (χ1n) is 44.7. The molecule has 9 rings (SSSR count). The average molecular weight is 2120 g/mol. The maximum absolute atomic E-state index is 14.0. The summed E-state index contributed by atoms with van der Waals surface area (Å²) in [4.78, 5) is 132. The van der Waals surface area contributed by atoms with Gasteiger partial charge in [-0.15, -0.1) is 0 Å². The number of aliphatic carboxylic acids is 4. The molecule has 834 valence electrons. The highest BCUT2D eigenvalue weighted by molar-refractivity contribution is 5.81. The van der Waals surface area contributed by atoms with Crippen molar-refractivity contribution in [3.63, 3.8) is 0 Å². The van der Waals surface area contributed by atoms with Crippen LogP contribution >= 0.6 is 0 Å². The van der Waals surface area contributed by atoms with Crippen LogP contribution in [-0.2, 0) is 128 Å². The molecular formula is C78H126N6O61. The summed E-state index contributed by atoms with van der Waals surface area (Å²) < 4.78 is 97.4. The second-order valence-electron chi connectivity index (χ2n) is 35.4. The van der Waals surface area contributed by atoms with Crippen LogP contribution in [0.25, 0.3) is 0 Å². The molecule has 9 aliphatic rings. The summed E-state index contributed by atoms with van der Waals surface area (Å²) in [6.45, 7) is -14.7. The molecule has 67 heteroatoms. The van der Waals surface area contributed by atoms with Gasteiger partial charge in [-0.3, -0.25) is 28.8 Å². The molecule has 0 unspecified atom stereocenters. The zero-order valence-electron chi connectivity index (χ0n) is 76.5. The van der Waals surface area contributed by atoms with Crippen molar-refractivity contribution < 1.29 is 302 Å². The molecule has 40 N–H and O–H groups in total. The molecule has 9 heterocycles. The standard InChI is InChI=1S/C78H126N6O61/c1-20-45(107)53(115)55(117)68(130-20)137-60-44(80-22(3)97)67(132-28(9-86)47(60)109)138-65-48(110)29(10-87)133-70(57(65)119)135-58-33(14-91)134-69(56(118)54(58)116)136-59-43(79-21(2)96)66(120)131-34(52(59)114)19-129-75(71(121)122)4-23(98)40(82-36(104)16-93)62(142-75)49(111)30(11-88)140-77(73(125)126)6-25(100)42(84-38(106)18-95)64(144-77)51(113)32(13-90)141-78(74(127)128)7-26(101)41(83-37(105)17-94)63(145-78)50(112)31(12-89)139-76(72(123)124)5-24(99)39(81-35(103)15-92)61(143-76)46(108)27(102)8-85/h20,23-34,39-70,85-95,98-102,107-120H,4-19H2,1-3H3,(H,79,96)(H,80,97)(H,81,103)(H,82,104)(H,83,105)(H,84,106)(H,121,122)(H,123,124)(H,125,126)(H,127,128)/t20-,23-,24-,25-,26-,27+,28+,29+,30+,31+,32+,33+,34+,39+,40+,41+,42+,43+,44+,45+,46+,47-,48-,49+,50+,51+,52-,53+,54+,55-,56+,57+,58-,59+,60+,61+,62+,63+,64+,65-,66-,67-,68-,69-,70-,75+,76+,77+,78+/m0/s1. The van der Waals surface area contributed by atoms with Gasteiger partial charge in [0.15, 0.2) is 31.5 Å². The Labute approximate surface area is 815 Å². The topological polar surface area (TPSA) is 1090 Å². The van der Waals surface area contributed by atoms with Gasteiger partial charge in [0, 0.05) is 39.5 Å². The fraction of sp³-hybridized carbons (Fsp3) is 0.872. The van der Waals surface area contributed by atoms with Crippen LogP contribution in [0.15, 0.2) is 0 Å². The van der Waals surface area contributed by atoms with Crippen molar-refractivity contribution in [2.24, 2.45) is 0 Å². The van der Waals surface area contributed by atoms with Crippen molar-refractivity contribution in [3.8, 4) is 0 Å². The molecule has 0 aromatic rings. The summed E-state index contributed by atoms with van der Waals surface area (Å²) in [5, 5.41) is 390. The zero-order chi connectivity index (χ0) is 108. The number of amides is 6. The summed E-state index contributed by atoms with van der Waals surface area (Å²) in [6, 6.07) is -13.1. The molecule has 9 aliphatic heterocycles. The Kier molecular flexibility index (Phi) is 43.3. The highest BCUT2D eigenvalue weighted by Crippen LogP contribution is 2.45. The van der Waals surface area contributed by atoms with Crippen LogP contribution in [0.5, 0.6) is 0 Å². The highest BCUT2D eigenvalue weighted by atomic mass is 16.8. The number of aliphatic hydroxyl groups is 30. The van der Waals surface area contributed by atoms with E-state index in [-0.39, 0.29) is 0 Å². The van der Waals surface area contributed by atoms with E-state index in [1.54, 1.807) is 0 Å². The largest absolute Gasteiger partial charge is 0.477 e. The van der Waals surface area contributed by atoms with E-state index in [0.717, 1.165) is 13.8 Å². The van der Waals surface area contributed by atoms with Gasteiger partial charge in [-0.25, -0.2) is 19.2 Å². The fourth-order valence-electron chi connectivity index (χ4n) is 18.0. The van der Waals surface area contributed by atoms with Gasteiger partial charge < -0.3 is 286 Å². The van der Waals surface area contributed by atoms with Crippen LogP contribution < -0.4 is 31.9 Å². The quantitative estimate of drug-likeness (QED) is 0.0269. The lowest BCUT2D eigenvalue weighted by atomic mass is 9.86. The number of carbonyl (C=O) groups excluding carboxylic acids is 6. The number of hydrogen-bond acceptors (Lipinski definition) is 57. The van der Waals surface area contributed by atoms with Gasteiger partial charge in [0.2, 0.25) is 35.4 Å². The van der Waals surface area contributed by atoms with Crippen LogP contribution in [-0.4, -0.2) is 611 Å². The van der Waals surface area contributed by atoms with E-state index in [9.17, 15) is 222 Å². The molecule has 0 radical (unpaired) electrons. The molecule has 6 amide bonds. The summed E-state index contributed by atoms with van der Waals surface area (Å²) in [5.41, 5.74) is 0. The van der Waals surface area contributed by atoms with E-state index in [1.165, 1.54) is 6.92 Å². The van der Waals surface area contributed by atoms with Crippen molar-refractivity contribution >= 4 is 59.3 Å². The van der Waals surface area contributed by atoms with E-state index < -0.39 is 463 Å². The van der Waals surface area contributed by atoms with E-state index >= 15 is 0 Å². The first-order chi connectivity index (χ1) is 68.1. The van der Waals surface area contributed by atoms with E-state index in [1.807, 2.05) is 21.3 Å². The molecule has 145 heavy (non-hydrogen) atoms. The Hall–Kier alpha value is -7.18. The Morgan fingerprint density at radius 1 is 0.317 bits per heavy atom.